The maximum Gasteiger partial charge on any atom is 0.322 e. The van der Waals surface area contributed by atoms with Crippen molar-refractivity contribution in [2.24, 2.45) is 0 Å². The molecular weight excluding hydrogens is 252 g/mol. The Morgan fingerprint density at radius 1 is 1.45 bits per heavy atom. The molecule has 0 radical (unpaired) electrons. The lowest BCUT2D eigenvalue weighted by Gasteiger charge is -2.26. The highest BCUT2D eigenvalue weighted by molar-refractivity contribution is 5.85. The smallest absolute Gasteiger partial charge is 0.322 e. The van der Waals surface area contributed by atoms with Crippen LogP contribution in [0.5, 0.6) is 0 Å². The van der Waals surface area contributed by atoms with Gasteiger partial charge in [0.2, 0.25) is 0 Å². The summed E-state index contributed by atoms with van der Waals surface area (Å²) in [5.74, 6) is -0.215. The van der Waals surface area contributed by atoms with E-state index in [-0.39, 0.29) is 18.1 Å². The first-order valence-electron chi connectivity index (χ1n) is 7.14. The van der Waals surface area contributed by atoms with Crippen molar-refractivity contribution >= 4 is 16.9 Å². The molecule has 4 heteroatoms. The first-order chi connectivity index (χ1) is 9.70. The lowest BCUT2D eigenvalue weighted by Crippen LogP contribution is -2.38. The second-order valence-electron chi connectivity index (χ2n) is 5.42. The van der Waals surface area contributed by atoms with Crippen molar-refractivity contribution in [3.05, 3.63) is 35.5 Å². The van der Waals surface area contributed by atoms with Gasteiger partial charge in [-0.05, 0) is 37.8 Å². The molecule has 0 bridgehead atoms. The van der Waals surface area contributed by atoms with E-state index in [2.05, 4.69) is 28.5 Å². The molecule has 1 heterocycles. The first kappa shape index (κ1) is 13.2. The van der Waals surface area contributed by atoms with Gasteiger partial charge < -0.3 is 9.72 Å². The Hall–Kier alpha value is -1.81. The van der Waals surface area contributed by atoms with Crippen LogP contribution in [0.3, 0.4) is 0 Å². The second kappa shape index (κ2) is 5.29. The summed E-state index contributed by atoms with van der Waals surface area (Å²) in [4.78, 5) is 15.1. The fraction of sp³-hybridized carbons (Fsp3) is 0.438. The largest absolute Gasteiger partial charge is 0.468 e. The van der Waals surface area contributed by atoms with Gasteiger partial charge in [0.05, 0.1) is 7.11 Å². The third kappa shape index (κ3) is 2.20. The van der Waals surface area contributed by atoms with Crippen LogP contribution in [0.4, 0.5) is 0 Å². The van der Waals surface area contributed by atoms with E-state index in [1.165, 1.54) is 29.3 Å². The third-order valence-corrected chi connectivity index (χ3v) is 4.12. The zero-order valence-corrected chi connectivity index (χ0v) is 11.9. The Morgan fingerprint density at radius 2 is 2.25 bits per heavy atom. The highest BCUT2D eigenvalue weighted by Crippen LogP contribution is 2.34. The average molecular weight is 272 g/mol. The molecule has 1 aromatic heterocycles. The predicted octanol–water partition coefficient (Wildman–Crippen LogP) is 2.70. The van der Waals surface area contributed by atoms with Crippen molar-refractivity contribution in [3.63, 3.8) is 0 Å². The van der Waals surface area contributed by atoms with Crippen molar-refractivity contribution < 1.29 is 9.53 Å². The van der Waals surface area contributed by atoms with E-state index in [4.69, 9.17) is 4.74 Å². The van der Waals surface area contributed by atoms with Gasteiger partial charge in [-0.3, -0.25) is 10.1 Å². The molecule has 2 atom stereocenters. The first-order valence-corrected chi connectivity index (χ1v) is 7.14. The van der Waals surface area contributed by atoms with Crippen molar-refractivity contribution in [2.75, 3.05) is 7.11 Å². The number of H-pyrrole nitrogens is 1. The number of rotatable bonds is 3. The average Bonchev–Trinajstić information content (AvgIpc) is 2.86. The fourth-order valence-electron chi connectivity index (χ4n) is 3.13. The van der Waals surface area contributed by atoms with E-state index >= 15 is 0 Å². The van der Waals surface area contributed by atoms with Gasteiger partial charge in [0, 0.05) is 22.6 Å². The van der Waals surface area contributed by atoms with Crippen LogP contribution in [0.2, 0.25) is 0 Å². The highest BCUT2D eigenvalue weighted by atomic mass is 16.5. The van der Waals surface area contributed by atoms with Gasteiger partial charge in [-0.1, -0.05) is 18.2 Å². The van der Waals surface area contributed by atoms with Crippen molar-refractivity contribution in [2.45, 2.75) is 38.3 Å². The van der Waals surface area contributed by atoms with Crippen molar-refractivity contribution in [1.29, 1.82) is 0 Å². The summed E-state index contributed by atoms with van der Waals surface area (Å²) in [5.41, 5.74) is 3.80. The van der Waals surface area contributed by atoms with Crippen LogP contribution in [0.25, 0.3) is 10.9 Å². The molecule has 2 aromatic rings. The molecule has 0 spiro atoms. The summed E-state index contributed by atoms with van der Waals surface area (Å²) in [5, 5.41) is 4.69. The monoisotopic (exact) mass is 272 g/mol. The van der Waals surface area contributed by atoms with Gasteiger partial charge in [0.15, 0.2) is 0 Å². The predicted molar refractivity (Wildman–Crippen MR) is 78.6 cm³/mol. The number of hydrogen-bond acceptors (Lipinski definition) is 3. The molecular formula is C16H20N2O2. The molecule has 0 saturated heterocycles. The van der Waals surface area contributed by atoms with Crippen LogP contribution in [-0.4, -0.2) is 24.1 Å². The number of aryl methyl sites for hydroxylation is 1. The minimum absolute atomic E-state index is 0.195. The summed E-state index contributed by atoms with van der Waals surface area (Å²) in [7, 11) is 1.43. The quantitative estimate of drug-likeness (QED) is 0.845. The van der Waals surface area contributed by atoms with Gasteiger partial charge in [-0.2, -0.15) is 0 Å². The van der Waals surface area contributed by atoms with Gasteiger partial charge in [-0.15, -0.1) is 0 Å². The number of carbonyl (C=O) groups excluding carboxylic acids is 1. The molecule has 20 heavy (non-hydrogen) atoms. The number of carbonyl (C=O) groups is 1. The summed E-state index contributed by atoms with van der Waals surface area (Å²) < 4.78 is 4.79. The topological polar surface area (TPSA) is 54.1 Å². The third-order valence-electron chi connectivity index (χ3n) is 4.12. The number of hydrogen-bond donors (Lipinski definition) is 2. The standard InChI is InChI=1S/C16H20N2O2/c1-10(16(19)20-2)17-14-9-5-7-12-11-6-3-4-8-13(11)18-15(12)14/h3-4,6,8,10,14,17-18H,5,7,9H2,1-2H3/t10-,14?/m0/s1. The zero-order valence-electron chi connectivity index (χ0n) is 11.9. The molecule has 1 aliphatic carbocycles. The lowest BCUT2D eigenvalue weighted by molar-refractivity contribution is -0.142. The Morgan fingerprint density at radius 3 is 3.05 bits per heavy atom. The molecule has 4 nitrogen and oxygen atoms in total. The van der Waals surface area contributed by atoms with E-state index in [1.54, 1.807) is 0 Å². The van der Waals surface area contributed by atoms with E-state index in [0.29, 0.717) is 0 Å². The summed E-state index contributed by atoms with van der Waals surface area (Å²) in [6, 6.07) is 8.29. The van der Waals surface area contributed by atoms with Crippen LogP contribution in [-0.2, 0) is 16.0 Å². The van der Waals surface area contributed by atoms with Crippen LogP contribution < -0.4 is 5.32 Å². The molecule has 3 rings (SSSR count). The molecule has 1 aromatic carbocycles. The Balaban J connectivity index is 1.92. The fourth-order valence-corrected chi connectivity index (χ4v) is 3.13. The Labute approximate surface area is 118 Å². The van der Waals surface area contributed by atoms with Crippen molar-refractivity contribution in [3.8, 4) is 0 Å². The Bertz CT molecular complexity index is 632. The number of esters is 1. The molecule has 0 aliphatic heterocycles. The van der Waals surface area contributed by atoms with Crippen LogP contribution in [0, 0.1) is 0 Å². The number of aromatic nitrogens is 1. The van der Waals surface area contributed by atoms with Gasteiger partial charge >= 0.3 is 5.97 Å². The zero-order chi connectivity index (χ0) is 14.1. The molecule has 1 aliphatic rings. The molecule has 0 amide bonds. The number of methoxy groups -OCH3 is 1. The second-order valence-corrected chi connectivity index (χ2v) is 5.42. The molecule has 2 N–H and O–H groups in total. The molecule has 1 unspecified atom stereocenters. The van der Waals surface area contributed by atoms with E-state index < -0.39 is 0 Å². The highest BCUT2D eigenvalue weighted by Gasteiger charge is 2.26. The number of aromatic amines is 1. The molecule has 0 saturated carbocycles. The molecule has 106 valence electrons. The van der Waals surface area contributed by atoms with Gasteiger partial charge in [0.1, 0.15) is 6.04 Å². The van der Waals surface area contributed by atoms with Crippen molar-refractivity contribution in [1.82, 2.24) is 10.3 Å². The number of fused-ring (bicyclic) bond motifs is 3. The minimum Gasteiger partial charge on any atom is -0.468 e. The van der Waals surface area contributed by atoms with Crippen LogP contribution in [0.1, 0.15) is 37.1 Å². The Kier molecular flexibility index (Phi) is 3.49. The van der Waals surface area contributed by atoms with Crippen LogP contribution >= 0.6 is 0 Å². The van der Waals surface area contributed by atoms with E-state index in [9.17, 15) is 4.79 Å². The van der Waals surface area contributed by atoms with Gasteiger partial charge in [0.25, 0.3) is 0 Å². The normalized spacial score (nSPS) is 19.6. The number of nitrogens with one attached hydrogen (secondary N) is 2. The summed E-state index contributed by atoms with van der Waals surface area (Å²) in [6.45, 7) is 1.85. The maximum absolute atomic E-state index is 11.6. The lowest BCUT2D eigenvalue weighted by atomic mass is 9.91. The SMILES string of the molecule is COC(=O)[C@H](C)NC1CCCc2c1[nH]c1ccccc21. The number of ether oxygens (including phenoxy) is 1. The maximum atomic E-state index is 11.6. The summed E-state index contributed by atoms with van der Waals surface area (Å²) >= 11 is 0. The molecule has 0 fully saturated rings. The summed E-state index contributed by atoms with van der Waals surface area (Å²) in [6.07, 6.45) is 3.28. The van der Waals surface area contributed by atoms with Gasteiger partial charge in [-0.25, -0.2) is 0 Å². The van der Waals surface area contributed by atoms with Crippen LogP contribution in [0.15, 0.2) is 24.3 Å². The number of benzene rings is 1. The minimum atomic E-state index is -0.289. The van der Waals surface area contributed by atoms with E-state index in [0.717, 1.165) is 19.3 Å². The number of para-hydroxylation sites is 1. The van der Waals surface area contributed by atoms with E-state index in [1.807, 2.05) is 13.0 Å².